The van der Waals surface area contributed by atoms with E-state index in [9.17, 15) is 9.65 Å². The van der Waals surface area contributed by atoms with E-state index in [-0.39, 0.29) is 60.7 Å². The average molecular weight is 504 g/mol. The zero-order valence-electron chi connectivity index (χ0n) is 18.8. The highest BCUT2D eigenvalue weighted by Gasteiger charge is 2.30. The maximum atomic E-state index is 16.1. The van der Waals surface area contributed by atoms with Crippen LogP contribution in [0.15, 0.2) is 12.1 Å². The van der Waals surface area contributed by atoms with Gasteiger partial charge in [0, 0.05) is 18.0 Å². The Morgan fingerprint density at radius 1 is 1.26 bits per heavy atom. The molecule has 0 saturated carbocycles. The van der Waals surface area contributed by atoms with Crippen molar-refractivity contribution in [3.63, 3.8) is 0 Å². The third-order valence-corrected chi connectivity index (χ3v) is 6.75. The van der Waals surface area contributed by atoms with Crippen molar-refractivity contribution in [2.45, 2.75) is 13.8 Å². The largest absolute Gasteiger partial charge is 0.489 e. The molecule has 1 aliphatic rings. The van der Waals surface area contributed by atoms with E-state index in [1.165, 1.54) is 19.2 Å². The lowest BCUT2D eigenvalue weighted by atomic mass is 9.96. The van der Waals surface area contributed by atoms with Gasteiger partial charge < -0.3 is 20.1 Å². The van der Waals surface area contributed by atoms with Gasteiger partial charge in [-0.05, 0) is 11.6 Å². The topological polar surface area (TPSA) is 97.3 Å². The Kier molecular flexibility index (Phi) is 6.34. The van der Waals surface area contributed by atoms with Gasteiger partial charge in [0.2, 0.25) is 0 Å². The van der Waals surface area contributed by atoms with Gasteiger partial charge >= 0.3 is 6.01 Å². The number of fused-ring (bicyclic) bond motifs is 1. The van der Waals surface area contributed by atoms with Crippen LogP contribution in [0.4, 0.5) is 19.6 Å². The summed E-state index contributed by atoms with van der Waals surface area (Å²) in [4.78, 5) is 10.4. The molecule has 0 atom stereocenters. The van der Waals surface area contributed by atoms with Crippen molar-refractivity contribution in [1.82, 2.24) is 9.97 Å². The highest BCUT2D eigenvalue weighted by atomic mass is 35.5. The number of nitrogens with zero attached hydrogens (tertiary/aromatic N) is 4. The summed E-state index contributed by atoms with van der Waals surface area (Å²) in [5, 5.41) is 10.2. The molecule has 1 aliphatic heterocycles. The summed E-state index contributed by atoms with van der Waals surface area (Å²) >= 11 is 7.61. The van der Waals surface area contributed by atoms with Crippen molar-refractivity contribution in [3.8, 4) is 29.0 Å². The Morgan fingerprint density at radius 2 is 2.00 bits per heavy atom. The van der Waals surface area contributed by atoms with Crippen LogP contribution in [0.3, 0.4) is 0 Å². The van der Waals surface area contributed by atoms with Crippen LogP contribution in [0.5, 0.6) is 11.8 Å². The standard InChI is InChI=1S/C21H14ClF2N5O2S.C2H6/c1-29-5-6-31-17-13-16(27-21(30-2)28-20(13)29)15(24)12(14(17)22)8-3-4-10(23)18-11(8)9(7-25)19(26)32-18;1-2/h3-4H,5-6,26H2,1-2H3;1-2H3. The van der Waals surface area contributed by atoms with Crippen LogP contribution in [0.2, 0.25) is 5.02 Å². The zero-order chi connectivity index (χ0) is 24.7. The van der Waals surface area contributed by atoms with Crippen LogP contribution in [-0.4, -0.2) is 37.3 Å². The van der Waals surface area contributed by atoms with E-state index in [0.29, 0.717) is 17.7 Å². The van der Waals surface area contributed by atoms with Gasteiger partial charge in [0.15, 0.2) is 11.6 Å². The first-order valence-corrected chi connectivity index (χ1v) is 11.6. The number of thiophene rings is 1. The van der Waals surface area contributed by atoms with E-state index in [0.717, 1.165) is 11.3 Å². The molecule has 2 N–H and O–H groups in total. The zero-order valence-corrected chi connectivity index (χ0v) is 20.4. The quantitative estimate of drug-likeness (QED) is 0.371. The maximum absolute atomic E-state index is 16.1. The van der Waals surface area contributed by atoms with Gasteiger partial charge in [-0.15, -0.1) is 11.3 Å². The molecule has 0 unspecified atom stereocenters. The minimum absolute atomic E-state index is 0.0260. The van der Waals surface area contributed by atoms with E-state index < -0.39 is 11.6 Å². The van der Waals surface area contributed by atoms with E-state index in [2.05, 4.69) is 9.97 Å². The molecule has 2 aromatic heterocycles. The van der Waals surface area contributed by atoms with E-state index >= 15 is 4.39 Å². The number of anilines is 2. The first-order valence-electron chi connectivity index (χ1n) is 10.4. The second kappa shape index (κ2) is 9.08. The van der Waals surface area contributed by atoms with Crippen molar-refractivity contribution in [1.29, 1.82) is 5.26 Å². The van der Waals surface area contributed by atoms with Gasteiger partial charge in [0.1, 0.15) is 34.8 Å². The molecule has 0 amide bonds. The number of halogens is 3. The fourth-order valence-corrected chi connectivity index (χ4v) is 5.16. The third kappa shape index (κ3) is 3.43. The maximum Gasteiger partial charge on any atom is 0.318 e. The average Bonchev–Trinajstić information content (AvgIpc) is 3.10. The molecule has 0 radical (unpaired) electrons. The molecule has 0 spiro atoms. The van der Waals surface area contributed by atoms with Gasteiger partial charge in [0.05, 0.1) is 34.3 Å². The van der Waals surface area contributed by atoms with Gasteiger partial charge in [-0.2, -0.15) is 15.2 Å². The molecular formula is C23H20ClF2N5O2S. The van der Waals surface area contributed by atoms with Crippen LogP contribution >= 0.6 is 22.9 Å². The molecule has 0 bridgehead atoms. The molecule has 34 heavy (non-hydrogen) atoms. The summed E-state index contributed by atoms with van der Waals surface area (Å²) in [7, 11) is 3.17. The number of rotatable bonds is 2. The number of nitrogens with two attached hydrogens (primary N) is 1. The molecule has 3 heterocycles. The monoisotopic (exact) mass is 503 g/mol. The number of hydrogen-bond acceptors (Lipinski definition) is 8. The number of nitriles is 1. The van der Waals surface area contributed by atoms with Gasteiger partial charge in [0.25, 0.3) is 0 Å². The van der Waals surface area contributed by atoms with Crippen LogP contribution in [0.25, 0.3) is 32.1 Å². The summed E-state index contributed by atoms with van der Waals surface area (Å²) < 4.78 is 41.8. The number of nitrogen functional groups attached to an aromatic ring is 1. The van der Waals surface area contributed by atoms with E-state index in [4.69, 9.17) is 26.8 Å². The smallest absolute Gasteiger partial charge is 0.318 e. The molecule has 5 rings (SSSR count). The van der Waals surface area contributed by atoms with Crippen LogP contribution in [0, 0.1) is 23.0 Å². The third-order valence-electron chi connectivity index (χ3n) is 5.36. The number of methoxy groups -OCH3 is 1. The Morgan fingerprint density at radius 3 is 2.68 bits per heavy atom. The van der Waals surface area contributed by atoms with Gasteiger partial charge in [-0.1, -0.05) is 31.5 Å². The molecule has 11 heteroatoms. The predicted molar refractivity (Wildman–Crippen MR) is 131 cm³/mol. The second-order valence-corrected chi connectivity index (χ2v) is 8.54. The number of hydrogen-bond donors (Lipinski definition) is 1. The highest BCUT2D eigenvalue weighted by Crippen LogP contribution is 2.50. The summed E-state index contributed by atoms with van der Waals surface area (Å²) in [5.74, 6) is -0.717. The summed E-state index contributed by atoms with van der Waals surface area (Å²) in [6.07, 6.45) is 0. The fraction of sp³-hybridized carbons (Fsp3) is 0.261. The van der Waals surface area contributed by atoms with Crippen LogP contribution in [0.1, 0.15) is 19.4 Å². The van der Waals surface area contributed by atoms with Crippen molar-refractivity contribution >= 4 is 54.7 Å². The molecule has 0 fully saturated rings. The Bertz CT molecular complexity index is 1480. The molecule has 7 nitrogen and oxygen atoms in total. The molecule has 4 aromatic rings. The lowest BCUT2D eigenvalue weighted by molar-refractivity contribution is 0.333. The van der Waals surface area contributed by atoms with E-state index in [1.807, 2.05) is 19.9 Å². The van der Waals surface area contributed by atoms with Crippen molar-refractivity contribution in [3.05, 3.63) is 34.4 Å². The van der Waals surface area contributed by atoms with Gasteiger partial charge in [-0.3, -0.25) is 0 Å². The Labute approximate surface area is 203 Å². The second-order valence-electron chi connectivity index (χ2n) is 7.11. The first-order chi connectivity index (χ1) is 16.4. The molecule has 176 valence electrons. The van der Waals surface area contributed by atoms with Crippen molar-refractivity contribution < 1.29 is 18.3 Å². The minimum Gasteiger partial charge on any atom is -0.489 e. The molecule has 2 aromatic carbocycles. The number of benzene rings is 2. The SMILES string of the molecule is CC.COc1nc2c3c(c(Cl)c(-c4ccc(F)c5sc(N)c(C#N)c45)c(F)c3n1)OCCN2C. The van der Waals surface area contributed by atoms with Crippen LogP contribution < -0.4 is 20.1 Å². The normalized spacial score (nSPS) is 12.6. The Balaban J connectivity index is 0.00000133. The number of aromatic nitrogens is 2. The van der Waals surface area contributed by atoms with E-state index in [1.54, 1.807) is 11.9 Å². The van der Waals surface area contributed by atoms with Crippen molar-refractivity contribution in [2.24, 2.45) is 0 Å². The van der Waals surface area contributed by atoms with Crippen molar-refractivity contribution in [2.75, 3.05) is 37.9 Å². The predicted octanol–water partition coefficient (Wildman–Crippen LogP) is 5.76. The number of likely N-dealkylation sites (N-methyl/N-ethyl adjacent to an activating group) is 1. The Hall–Kier alpha value is -3.42. The molecule has 0 saturated heterocycles. The highest BCUT2D eigenvalue weighted by molar-refractivity contribution is 7.23. The molecule has 0 aliphatic carbocycles. The lowest BCUT2D eigenvalue weighted by Gasteiger charge is -2.18. The summed E-state index contributed by atoms with van der Waals surface area (Å²) in [5.41, 5.74) is 6.09. The molecular weight excluding hydrogens is 484 g/mol. The first kappa shape index (κ1) is 23.7. The van der Waals surface area contributed by atoms with Gasteiger partial charge in [-0.25, -0.2) is 8.78 Å². The number of ether oxygens (including phenoxy) is 2. The minimum atomic E-state index is -0.767. The fourth-order valence-electron chi connectivity index (χ4n) is 3.87. The van der Waals surface area contributed by atoms with Crippen LogP contribution in [-0.2, 0) is 0 Å². The lowest BCUT2D eigenvalue weighted by Crippen LogP contribution is -2.22. The summed E-state index contributed by atoms with van der Waals surface area (Å²) in [6, 6.07) is 4.52. The summed E-state index contributed by atoms with van der Waals surface area (Å²) in [6.45, 7) is 4.74.